The fourth-order valence-electron chi connectivity index (χ4n) is 8.25. The Morgan fingerprint density at radius 1 is 1.00 bits per heavy atom. The number of rotatable bonds is 10. The van der Waals surface area contributed by atoms with E-state index in [-0.39, 0.29) is 54.3 Å². The minimum absolute atomic E-state index is 0.00459. The van der Waals surface area contributed by atoms with Gasteiger partial charge in [-0.3, -0.25) is 18.9 Å². The predicted molar refractivity (Wildman–Crippen MR) is 212 cm³/mol. The Bertz CT molecular complexity index is 2760. The first-order valence-electron chi connectivity index (χ1n) is 19.5. The molecule has 3 atom stereocenters. The number of aromatic nitrogens is 5. The Hall–Kier alpha value is -5.56. The molecule has 62 heavy (non-hydrogen) atoms. The number of hydrogen-bond acceptors (Lipinski definition) is 8. The summed E-state index contributed by atoms with van der Waals surface area (Å²) in [6.45, 7) is 3.31. The Morgan fingerprint density at radius 3 is 2.35 bits per heavy atom. The molecular weight excluding hydrogens is 848 g/mol. The van der Waals surface area contributed by atoms with Crippen LogP contribution in [-0.2, 0) is 47.1 Å². The molecule has 3 aromatic heterocycles. The fourth-order valence-corrected chi connectivity index (χ4v) is 9.42. The van der Waals surface area contributed by atoms with Crippen molar-refractivity contribution in [2.24, 2.45) is 13.0 Å². The number of halogens is 7. The zero-order chi connectivity index (χ0) is 44.7. The number of alkyl halides is 5. The molecule has 8 rings (SSSR count). The number of anilines is 1. The number of aliphatic hydroxyl groups is 1. The van der Waals surface area contributed by atoms with Crippen molar-refractivity contribution in [3.8, 4) is 23.0 Å². The third kappa shape index (κ3) is 8.35. The smallest absolute Gasteiger partial charge is 0.378 e. The molecule has 3 aliphatic rings. The van der Waals surface area contributed by atoms with Gasteiger partial charge in [-0.1, -0.05) is 18.1 Å². The average molecular weight is 888 g/mol. The van der Waals surface area contributed by atoms with E-state index in [2.05, 4.69) is 32.1 Å². The van der Waals surface area contributed by atoms with Crippen LogP contribution >= 0.6 is 0 Å². The number of carbonyl (C=O) groups is 1. The highest BCUT2D eigenvalue weighted by molar-refractivity contribution is 7.90. The molecule has 5 aromatic rings. The number of benzene rings is 2. The van der Waals surface area contributed by atoms with Crippen LogP contribution in [0.15, 0.2) is 48.5 Å². The van der Waals surface area contributed by atoms with Gasteiger partial charge in [0.15, 0.2) is 11.5 Å². The number of hydrogen-bond donors (Lipinski definition) is 3. The Kier molecular flexibility index (Phi) is 10.7. The molecule has 0 bridgehead atoms. The highest BCUT2D eigenvalue weighted by atomic mass is 32.2. The zero-order valence-electron chi connectivity index (χ0n) is 33.7. The topological polar surface area (TPSA) is 151 Å². The summed E-state index contributed by atoms with van der Waals surface area (Å²) in [6, 6.07) is 9.25. The van der Waals surface area contributed by atoms with Gasteiger partial charge in [-0.05, 0) is 81.5 Å². The molecule has 0 radical (unpaired) electrons. The maximum Gasteiger partial charge on any atom is 0.435 e. The van der Waals surface area contributed by atoms with Gasteiger partial charge in [0, 0.05) is 67.3 Å². The molecule has 4 heterocycles. The van der Waals surface area contributed by atoms with Crippen molar-refractivity contribution in [3.05, 3.63) is 94.1 Å². The molecule has 1 saturated heterocycles. The van der Waals surface area contributed by atoms with E-state index in [1.165, 1.54) is 28.9 Å². The van der Waals surface area contributed by atoms with E-state index in [0.29, 0.717) is 40.3 Å². The van der Waals surface area contributed by atoms with Gasteiger partial charge in [-0.15, -0.1) is 0 Å². The van der Waals surface area contributed by atoms with Crippen LogP contribution in [0, 0.1) is 29.4 Å². The number of piperazine rings is 1. The Morgan fingerprint density at radius 2 is 1.69 bits per heavy atom. The van der Waals surface area contributed by atoms with Gasteiger partial charge < -0.3 is 15.3 Å². The fraction of sp³-hybridized carbons (Fsp3) is 0.415. The highest BCUT2D eigenvalue weighted by Gasteiger charge is 2.68. The number of carbonyl (C=O) groups excluding carboxylic acids is 1. The number of para-hydroxylation sites is 1. The second kappa shape index (κ2) is 15.4. The normalized spacial score (nSPS) is 19.4. The monoisotopic (exact) mass is 887 g/mol. The lowest BCUT2D eigenvalue weighted by atomic mass is 9.93. The van der Waals surface area contributed by atoms with Crippen LogP contribution in [0.5, 0.6) is 0 Å². The van der Waals surface area contributed by atoms with Crippen molar-refractivity contribution in [2.45, 2.75) is 62.9 Å². The molecule has 1 saturated carbocycles. The van der Waals surface area contributed by atoms with E-state index in [9.17, 15) is 40.3 Å². The predicted octanol–water partition coefficient (Wildman–Crippen LogP) is 5.46. The molecule has 13 nitrogen and oxygen atoms in total. The van der Waals surface area contributed by atoms with Crippen molar-refractivity contribution in [3.63, 3.8) is 0 Å². The number of likely N-dealkylation sites (N-methyl/N-ethyl adjacent to an activating group) is 1. The molecule has 1 unspecified atom stereocenters. The zero-order valence-corrected chi connectivity index (χ0v) is 34.5. The van der Waals surface area contributed by atoms with Crippen molar-refractivity contribution in [2.75, 3.05) is 37.9 Å². The minimum atomic E-state index is -5.08. The summed E-state index contributed by atoms with van der Waals surface area (Å²) in [5.74, 6) is -3.67. The summed E-state index contributed by atoms with van der Waals surface area (Å²) in [4.78, 5) is 20.7. The van der Waals surface area contributed by atoms with Gasteiger partial charge in [0.25, 0.3) is 5.92 Å². The lowest BCUT2D eigenvalue weighted by molar-refractivity contribution is -0.142. The number of nitrogens with zero attached hydrogens (tertiary/aromatic N) is 7. The summed E-state index contributed by atoms with van der Waals surface area (Å²) < 4.78 is 135. The van der Waals surface area contributed by atoms with Gasteiger partial charge in [-0.25, -0.2) is 13.8 Å². The maximum atomic E-state index is 15.5. The van der Waals surface area contributed by atoms with Crippen molar-refractivity contribution >= 4 is 32.8 Å². The number of aryl methyl sites for hydroxylation is 1. The van der Waals surface area contributed by atoms with Crippen molar-refractivity contribution < 1.29 is 49.1 Å². The number of amides is 1. The number of pyridine rings is 1. The molecule has 2 aromatic carbocycles. The van der Waals surface area contributed by atoms with Gasteiger partial charge in [-0.2, -0.15) is 44.9 Å². The van der Waals surface area contributed by atoms with E-state index in [1.54, 1.807) is 31.3 Å². The first-order chi connectivity index (χ1) is 29.0. The molecule has 1 amide bonds. The minimum Gasteiger partial charge on any atom is -0.378 e. The Balaban J connectivity index is 1.24. The molecule has 2 aliphatic carbocycles. The molecular formula is C41H40F7N9O4S. The van der Waals surface area contributed by atoms with E-state index in [0.717, 1.165) is 12.1 Å². The maximum absolute atomic E-state index is 15.5. The first kappa shape index (κ1) is 43.1. The largest absolute Gasteiger partial charge is 0.435 e. The quantitative estimate of drug-likeness (QED) is 0.124. The molecule has 1 aliphatic heterocycles. The third-order valence-corrected chi connectivity index (χ3v) is 12.6. The van der Waals surface area contributed by atoms with E-state index in [4.69, 9.17) is 4.98 Å². The van der Waals surface area contributed by atoms with Crippen LogP contribution in [-0.4, -0.2) is 92.0 Å². The second-order valence-electron chi connectivity index (χ2n) is 16.4. The van der Waals surface area contributed by atoms with Gasteiger partial charge >= 0.3 is 16.4 Å². The van der Waals surface area contributed by atoms with Gasteiger partial charge in [0.2, 0.25) is 5.91 Å². The summed E-state index contributed by atoms with van der Waals surface area (Å²) in [7, 11) is -0.599. The van der Waals surface area contributed by atoms with E-state index >= 15 is 8.78 Å². The van der Waals surface area contributed by atoms with Crippen molar-refractivity contribution in [1.29, 1.82) is 0 Å². The van der Waals surface area contributed by atoms with E-state index < -0.39 is 86.8 Å². The molecule has 2 fully saturated rings. The Labute approximate surface area is 351 Å². The van der Waals surface area contributed by atoms with Gasteiger partial charge in [0.05, 0.1) is 17.3 Å². The third-order valence-electron chi connectivity index (χ3n) is 11.1. The SMILES string of the molecule is CN1CCN(S(=O)(=O)Nc2nn(C)c3c(-c4ccc(C#CC(C)(C)O)nc4[C@H](Cc4cc(F)cc(F)c4)NC(=O)Cn4nc(C(F)(F)F)c5c4C(F)(F)C4C[C@H]54)cccc23)CC1. The second-order valence-corrected chi connectivity index (χ2v) is 18.0. The molecule has 328 valence electrons. The van der Waals surface area contributed by atoms with Crippen LogP contribution in [0.25, 0.3) is 22.0 Å². The standard InChI is InChI=1S/C41H40F7N9O4S/c1-39(2,59)11-10-25-8-9-26(27-6-5-7-28-35(27)55(4)52-38(28)53-62(60,61)56-14-12-54(3)13-15-56)34(49-25)31(18-22-16-23(42)19-24(43)17-22)50-32(58)21-57-37-33(36(51-57)41(46,47)48)29-20-30(29)40(37,44)45/h5-9,16-17,19,29-31,59H,12-15,18,20-21H2,1-4H3,(H,50,58)(H,52,53)/t29-,30?,31-/m0/s1. The lowest BCUT2D eigenvalue weighted by Crippen LogP contribution is -2.48. The summed E-state index contributed by atoms with van der Waals surface area (Å²) in [6.07, 6.45) is -5.61. The van der Waals surface area contributed by atoms with Gasteiger partial charge in [0.1, 0.15) is 35.2 Å². The van der Waals surface area contributed by atoms with E-state index in [1.807, 2.05) is 11.9 Å². The molecule has 21 heteroatoms. The summed E-state index contributed by atoms with van der Waals surface area (Å²) in [5, 5.41) is 21.3. The summed E-state index contributed by atoms with van der Waals surface area (Å²) >= 11 is 0. The first-order valence-corrected chi connectivity index (χ1v) is 20.9. The molecule has 3 N–H and O–H groups in total. The van der Waals surface area contributed by atoms with Crippen LogP contribution in [0.4, 0.5) is 36.6 Å². The van der Waals surface area contributed by atoms with Crippen molar-refractivity contribution in [1.82, 2.24) is 39.1 Å². The van der Waals surface area contributed by atoms with Crippen LogP contribution in [0.1, 0.15) is 66.1 Å². The number of nitrogens with one attached hydrogen (secondary N) is 2. The number of fused-ring (bicyclic) bond motifs is 4. The summed E-state index contributed by atoms with van der Waals surface area (Å²) in [5.41, 5.74) is -3.48. The highest BCUT2D eigenvalue weighted by Crippen LogP contribution is 2.68. The molecule has 0 spiro atoms. The van der Waals surface area contributed by atoms with Crippen LogP contribution in [0.2, 0.25) is 0 Å². The lowest BCUT2D eigenvalue weighted by Gasteiger charge is -2.31. The average Bonchev–Trinajstić information content (AvgIpc) is 3.72. The van der Waals surface area contributed by atoms with Crippen LogP contribution < -0.4 is 10.0 Å². The van der Waals surface area contributed by atoms with Crippen LogP contribution in [0.3, 0.4) is 0 Å².